The van der Waals surface area contributed by atoms with E-state index in [0.29, 0.717) is 73.1 Å². The van der Waals surface area contributed by atoms with Gasteiger partial charge in [0.05, 0.1) is 19.3 Å². The van der Waals surface area contributed by atoms with Crippen LogP contribution < -0.4 is 15.0 Å². The number of carbonyl (C=O) groups excluding carboxylic acids is 1. The fraction of sp³-hybridized carbons (Fsp3) is 0.478. The van der Waals surface area contributed by atoms with E-state index >= 15 is 0 Å². The van der Waals surface area contributed by atoms with Crippen LogP contribution in [0.4, 0.5) is 16.6 Å². The quantitative estimate of drug-likeness (QED) is 0.589. The van der Waals surface area contributed by atoms with Crippen LogP contribution in [0.15, 0.2) is 24.4 Å². The highest BCUT2D eigenvalue weighted by molar-refractivity contribution is 6.35. The molecule has 2 saturated heterocycles. The zero-order valence-corrected chi connectivity index (χ0v) is 21.1. The van der Waals surface area contributed by atoms with Crippen molar-refractivity contribution in [2.45, 2.75) is 31.8 Å². The number of ether oxygens (including phenoxy) is 1. The van der Waals surface area contributed by atoms with Crippen molar-refractivity contribution in [1.29, 1.82) is 0 Å². The normalized spacial score (nSPS) is 19.0. The lowest BCUT2D eigenvalue weighted by atomic mass is 10.1. The Morgan fingerprint density at radius 3 is 2.60 bits per heavy atom. The Morgan fingerprint density at radius 1 is 1.20 bits per heavy atom. The number of nitrogens with zero attached hydrogens (tertiary/aromatic N) is 5. The number of likely N-dealkylation sites (tertiary alicyclic amines) is 1. The third-order valence-corrected chi connectivity index (χ3v) is 6.96. The summed E-state index contributed by atoms with van der Waals surface area (Å²) in [5, 5.41) is 13.8. The molecule has 0 bridgehead atoms. The van der Waals surface area contributed by atoms with Gasteiger partial charge < -0.3 is 25.0 Å². The first kappa shape index (κ1) is 25.1. The SMILES string of the molecule is COc1cnc(N2CCN(C(=O)[C@H]3CCCN3C(=O)O)CC2)nc1NC(C)c1ccc(Cl)cc1Cl. The smallest absolute Gasteiger partial charge is 0.407 e. The predicted octanol–water partition coefficient (Wildman–Crippen LogP) is 3.76. The number of methoxy groups -OCH3 is 1. The van der Waals surface area contributed by atoms with Crippen molar-refractivity contribution in [3.8, 4) is 5.75 Å². The summed E-state index contributed by atoms with van der Waals surface area (Å²) in [6.45, 7) is 4.38. The molecule has 2 aromatic rings. The van der Waals surface area contributed by atoms with Crippen molar-refractivity contribution in [2.75, 3.05) is 50.1 Å². The maximum atomic E-state index is 12.9. The van der Waals surface area contributed by atoms with Crippen molar-refractivity contribution >= 4 is 47.0 Å². The van der Waals surface area contributed by atoms with E-state index in [1.165, 1.54) is 4.90 Å². The number of halogens is 2. The number of anilines is 2. The Balaban J connectivity index is 1.43. The van der Waals surface area contributed by atoms with Gasteiger partial charge in [-0.15, -0.1) is 0 Å². The first-order valence-corrected chi connectivity index (χ1v) is 12.2. The number of nitrogens with one attached hydrogen (secondary N) is 1. The highest BCUT2D eigenvalue weighted by atomic mass is 35.5. The van der Waals surface area contributed by atoms with Gasteiger partial charge in [0.2, 0.25) is 11.9 Å². The molecule has 2 atom stereocenters. The van der Waals surface area contributed by atoms with E-state index < -0.39 is 12.1 Å². The molecule has 3 heterocycles. The number of carbonyl (C=O) groups is 2. The monoisotopic (exact) mass is 522 g/mol. The van der Waals surface area contributed by atoms with Gasteiger partial charge in [-0.2, -0.15) is 4.98 Å². The molecule has 188 valence electrons. The number of piperazine rings is 1. The second-order valence-corrected chi connectivity index (χ2v) is 9.41. The second-order valence-electron chi connectivity index (χ2n) is 8.57. The van der Waals surface area contributed by atoms with E-state index in [9.17, 15) is 14.7 Å². The minimum absolute atomic E-state index is 0.128. The van der Waals surface area contributed by atoms with Crippen LogP contribution in [-0.4, -0.2) is 82.8 Å². The molecule has 0 spiro atoms. The molecule has 2 aliphatic heterocycles. The fourth-order valence-electron chi connectivity index (χ4n) is 4.49. The molecule has 12 heteroatoms. The first-order valence-electron chi connectivity index (χ1n) is 11.4. The van der Waals surface area contributed by atoms with Gasteiger partial charge in [0.1, 0.15) is 6.04 Å². The number of aromatic nitrogens is 2. The maximum absolute atomic E-state index is 12.9. The molecule has 0 radical (unpaired) electrons. The summed E-state index contributed by atoms with van der Waals surface area (Å²) >= 11 is 12.4. The summed E-state index contributed by atoms with van der Waals surface area (Å²) in [5.41, 5.74) is 0.868. The van der Waals surface area contributed by atoms with Gasteiger partial charge in [-0.3, -0.25) is 9.69 Å². The van der Waals surface area contributed by atoms with Crippen LogP contribution in [0.1, 0.15) is 31.4 Å². The largest absolute Gasteiger partial charge is 0.491 e. The highest BCUT2D eigenvalue weighted by Crippen LogP contribution is 2.32. The highest BCUT2D eigenvalue weighted by Gasteiger charge is 2.37. The van der Waals surface area contributed by atoms with E-state index in [4.69, 9.17) is 27.9 Å². The minimum atomic E-state index is -1.04. The molecule has 10 nitrogen and oxygen atoms in total. The lowest BCUT2D eigenvalue weighted by Gasteiger charge is -2.37. The van der Waals surface area contributed by atoms with E-state index in [1.54, 1.807) is 30.3 Å². The molecule has 1 aromatic carbocycles. The van der Waals surface area contributed by atoms with Crippen LogP contribution in [0.2, 0.25) is 10.0 Å². The van der Waals surface area contributed by atoms with Gasteiger partial charge in [0, 0.05) is 42.8 Å². The van der Waals surface area contributed by atoms with Gasteiger partial charge in [-0.1, -0.05) is 29.3 Å². The average molecular weight is 523 g/mol. The van der Waals surface area contributed by atoms with Crippen molar-refractivity contribution in [3.05, 3.63) is 40.0 Å². The number of benzene rings is 1. The molecule has 0 saturated carbocycles. The number of hydrogen-bond donors (Lipinski definition) is 2. The lowest BCUT2D eigenvalue weighted by molar-refractivity contribution is -0.135. The minimum Gasteiger partial charge on any atom is -0.491 e. The maximum Gasteiger partial charge on any atom is 0.407 e. The van der Waals surface area contributed by atoms with Gasteiger partial charge in [0.25, 0.3) is 0 Å². The van der Waals surface area contributed by atoms with Crippen molar-refractivity contribution in [3.63, 3.8) is 0 Å². The van der Waals surface area contributed by atoms with E-state index in [1.807, 2.05) is 17.9 Å². The van der Waals surface area contributed by atoms with Gasteiger partial charge in [0.15, 0.2) is 11.6 Å². The van der Waals surface area contributed by atoms with Gasteiger partial charge >= 0.3 is 6.09 Å². The molecule has 2 aliphatic rings. The summed E-state index contributed by atoms with van der Waals surface area (Å²) in [5.74, 6) is 1.41. The Hall–Kier alpha value is -2.98. The Kier molecular flexibility index (Phi) is 7.71. The predicted molar refractivity (Wildman–Crippen MR) is 134 cm³/mol. The lowest BCUT2D eigenvalue weighted by Crippen LogP contribution is -2.54. The first-order chi connectivity index (χ1) is 16.8. The zero-order chi connectivity index (χ0) is 25.1. The van der Waals surface area contributed by atoms with Crippen LogP contribution in [-0.2, 0) is 4.79 Å². The molecule has 4 rings (SSSR count). The summed E-state index contributed by atoms with van der Waals surface area (Å²) in [7, 11) is 1.55. The molecule has 0 aliphatic carbocycles. The summed E-state index contributed by atoms with van der Waals surface area (Å²) in [4.78, 5) is 38.4. The topological polar surface area (TPSA) is 111 Å². The van der Waals surface area contributed by atoms with E-state index in [0.717, 1.165) is 5.56 Å². The molecular formula is C23H28Cl2N6O4. The number of amides is 2. The molecule has 2 amide bonds. The van der Waals surface area contributed by atoms with Crippen LogP contribution >= 0.6 is 23.2 Å². The summed E-state index contributed by atoms with van der Waals surface area (Å²) in [6.07, 6.45) is 1.84. The third-order valence-electron chi connectivity index (χ3n) is 6.40. The van der Waals surface area contributed by atoms with E-state index in [-0.39, 0.29) is 11.9 Å². The fourth-order valence-corrected chi connectivity index (χ4v) is 5.06. The van der Waals surface area contributed by atoms with Crippen LogP contribution in [0, 0.1) is 0 Å². The van der Waals surface area contributed by atoms with Crippen molar-refractivity contribution < 1.29 is 19.4 Å². The molecular weight excluding hydrogens is 495 g/mol. The zero-order valence-electron chi connectivity index (χ0n) is 19.6. The Bertz CT molecular complexity index is 1100. The molecule has 1 aromatic heterocycles. The molecule has 1 unspecified atom stereocenters. The Morgan fingerprint density at radius 2 is 1.94 bits per heavy atom. The molecule has 2 N–H and O–H groups in total. The summed E-state index contributed by atoms with van der Waals surface area (Å²) < 4.78 is 5.44. The standard InChI is InChI=1S/C23H28Cl2N6O4/c1-14(16-6-5-15(24)12-17(16)25)27-20-19(35-2)13-26-22(28-20)30-10-8-29(9-11-30)21(32)18-4-3-7-31(18)23(33)34/h5-6,12-14,18H,3-4,7-11H2,1-2H3,(H,33,34)(H,26,27,28)/t14?,18-/m1/s1. The van der Waals surface area contributed by atoms with Gasteiger partial charge in [-0.05, 0) is 37.5 Å². The van der Waals surface area contributed by atoms with Gasteiger partial charge in [-0.25, -0.2) is 9.78 Å². The number of carboxylic acid groups (broad SMARTS) is 1. The van der Waals surface area contributed by atoms with Crippen LogP contribution in [0.3, 0.4) is 0 Å². The molecule has 35 heavy (non-hydrogen) atoms. The Labute approximate surface area is 213 Å². The van der Waals surface area contributed by atoms with E-state index in [2.05, 4.69) is 15.3 Å². The number of hydrogen-bond acceptors (Lipinski definition) is 7. The number of rotatable bonds is 6. The van der Waals surface area contributed by atoms with Crippen LogP contribution in [0.25, 0.3) is 0 Å². The average Bonchev–Trinajstić information content (AvgIpc) is 3.34. The third kappa shape index (κ3) is 5.48. The van der Waals surface area contributed by atoms with Crippen molar-refractivity contribution in [2.24, 2.45) is 0 Å². The molecule has 2 fully saturated rings. The summed E-state index contributed by atoms with van der Waals surface area (Å²) in [6, 6.07) is 4.58. The van der Waals surface area contributed by atoms with Crippen molar-refractivity contribution in [1.82, 2.24) is 19.8 Å². The van der Waals surface area contributed by atoms with Crippen LogP contribution in [0.5, 0.6) is 5.75 Å². The second kappa shape index (κ2) is 10.7.